The maximum absolute atomic E-state index is 14.4. The summed E-state index contributed by atoms with van der Waals surface area (Å²) in [6, 6.07) is 10.3. The molecule has 1 amide bonds. The van der Waals surface area contributed by atoms with E-state index in [2.05, 4.69) is 10.3 Å². The lowest BCUT2D eigenvalue weighted by Gasteiger charge is -2.19. The maximum Gasteiger partial charge on any atom is 0.292 e. The zero-order chi connectivity index (χ0) is 22.9. The molecule has 4 rings (SSSR count). The molecule has 1 fully saturated rings. The van der Waals surface area contributed by atoms with Gasteiger partial charge in [-0.1, -0.05) is 23.7 Å². The highest BCUT2D eigenvalue weighted by atomic mass is 35.5. The van der Waals surface area contributed by atoms with Gasteiger partial charge in [0.15, 0.2) is 5.75 Å². The fraction of sp³-hybridized carbons (Fsp3) is 0.217. The largest absolute Gasteiger partial charge is 0.455 e. The zero-order valence-electron chi connectivity index (χ0n) is 16.5. The number of nitrogens with one attached hydrogen (secondary N) is 1. The van der Waals surface area contributed by atoms with E-state index in [1.165, 1.54) is 12.3 Å². The summed E-state index contributed by atoms with van der Waals surface area (Å²) in [6.07, 6.45) is 3.42. The van der Waals surface area contributed by atoms with Crippen molar-refractivity contribution in [1.29, 1.82) is 0 Å². The van der Waals surface area contributed by atoms with Crippen LogP contribution >= 0.6 is 11.6 Å². The van der Waals surface area contributed by atoms with Gasteiger partial charge in [0, 0.05) is 6.07 Å². The monoisotopic (exact) mass is 464 g/mol. The molecule has 9 heteroatoms. The molecule has 1 heterocycles. The van der Waals surface area contributed by atoms with Crippen molar-refractivity contribution in [2.75, 3.05) is 6.54 Å². The highest BCUT2D eigenvalue weighted by molar-refractivity contribution is 6.29. The Morgan fingerprint density at radius 3 is 2.66 bits per heavy atom. The first kappa shape index (κ1) is 22.1. The first-order valence-corrected chi connectivity index (χ1v) is 10.2. The highest BCUT2D eigenvalue weighted by Gasteiger charge is 2.35. The second-order valence-electron chi connectivity index (χ2n) is 7.46. The Morgan fingerprint density at radius 2 is 1.94 bits per heavy atom. The van der Waals surface area contributed by atoms with Crippen LogP contribution in [0.4, 0.5) is 17.6 Å². The SMILES string of the molecule is O=C(NCC(F)(F)c1ccc(F)cc1F)c1cc(Cl)ncc1Oc1cccc(C2CC2)c1. The summed E-state index contributed by atoms with van der Waals surface area (Å²) < 4.78 is 61.4. The van der Waals surface area contributed by atoms with E-state index in [1.807, 2.05) is 18.2 Å². The van der Waals surface area contributed by atoms with Gasteiger partial charge in [-0.2, -0.15) is 8.78 Å². The van der Waals surface area contributed by atoms with Gasteiger partial charge in [0.1, 0.15) is 22.5 Å². The number of carbonyl (C=O) groups excluding carboxylic acids is 1. The van der Waals surface area contributed by atoms with Crippen LogP contribution in [-0.2, 0) is 5.92 Å². The zero-order valence-corrected chi connectivity index (χ0v) is 17.3. The number of hydrogen-bond donors (Lipinski definition) is 1. The fourth-order valence-corrected chi connectivity index (χ4v) is 3.38. The first-order valence-electron chi connectivity index (χ1n) is 9.78. The van der Waals surface area contributed by atoms with E-state index in [0.717, 1.165) is 24.5 Å². The topological polar surface area (TPSA) is 51.2 Å². The minimum Gasteiger partial charge on any atom is -0.455 e. The maximum atomic E-state index is 14.4. The van der Waals surface area contributed by atoms with Crippen LogP contribution in [0.3, 0.4) is 0 Å². The van der Waals surface area contributed by atoms with Gasteiger partial charge >= 0.3 is 0 Å². The minimum atomic E-state index is -3.77. The standard InChI is InChI=1S/C23H17ClF4N2O2/c24-21-10-17(20(11-29-21)32-16-3-1-2-14(8-16)13-4-5-13)22(31)30-12-23(27,28)18-7-6-15(25)9-19(18)26/h1-3,6-11,13H,4-5,12H2,(H,30,31). The summed E-state index contributed by atoms with van der Waals surface area (Å²) in [6.45, 7) is -1.22. The Bertz CT molecular complexity index is 1170. The van der Waals surface area contributed by atoms with Crippen LogP contribution < -0.4 is 10.1 Å². The van der Waals surface area contributed by atoms with Crippen molar-refractivity contribution < 1.29 is 27.1 Å². The molecule has 0 aliphatic heterocycles. The van der Waals surface area contributed by atoms with E-state index in [-0.39, 0.29) is 16.5 Å². The molecule has 0 spiro atoms. The number of benzene rings is 2. The third-order valence-corrected chi connectivity index (χ3v) is 5.22. The van der Waals surface area contributed by atoms with E-state index in [1.54, 1.807) is 6.07 Å². The van der Waals surface area contributed by atoms with Crippen LogP contribution in [0.1, 0.15) is 40.2 Å². The molecule has 1 saturated carbocycles. The van der Waals surface area contributed by atoms with Crippen molar-refractivity contribution in [3.05, 3.63) is 88.2 Å². The predicted molar refractivity (Wildman–Crippen MR) is 110 cm³/mol. The van der Waals surface area contributed by atoms with Crippen LogP contribution in [0, 0.1) is 11.6 Å². The molecule has 3 aromatic rings. The molecule has 4 nitrogen and oxygen atoms in total. The third kappa shape index (κ3) is 5.02. The third-order valence-electron chi connectivity index (χ3n) is 5.01. The molecular weight excluding hydrogens is 448 g/mol. The molecule has 166 valence electrons. The molecule has 0 unspecified atom stereocenters. The van der Waals surface area contributed by atoms with Gasteiger partial charge in [-0.15, -0.1) is 0 Å². The van der Waals surface area contributed by atoms with Gasteiger partial charge in [0.05, 0.1) is 23.9 Å². The molecular formula is C23H17ClF4N2O2. The molecule has 1 N–H and O–H groups in total. The van der Waals surface area contributed by atoms with Gasteiger partial charge in [-0.25, -0.2) is 13.8 Å². The van der Waals surface area contributed by atoms with E-state index in [9.17, 15) is 22.4 Å². The second-order valence-corrected chi connectivity index (χ2v) is 7.85. The summed E-state index contributed by atoms with van der Waals surface area (Å²) in [4.78, 5) is 16.5. The van der Waals surface area contributed by atoms with Crippen molar-refractivity contribution in [1.82, 2.24) is 10.3 Å². The van der Waals surface area contributed by atoms with Crippen LogP contribution in [0.5, 0.6) is 11.5 Å². The van der Waals surface area contributed by atoms with Crippen LogP contribution in [0.15, 0.2) is 54.7 Å². The van der Waals surface area contributed by atoms with Crippen molar-refractivity contribution in [3.8, 4) is 11.5 Å². The second kappa shape index (κ2) is 8.78. The Labute approximate surface area is 186 Å². The smallest absolute Gasteiger partial charge is 0.292 e. The summed E-state index contributed by atoms with van der Waals surface area (Å²) in [5.74, 6) is -6.10. The molecule has 32 heavy (non-hydrogen) atoms. The molecule has 1 aromatic heterocycles. The molecule has 1 aliphatic rings. The number of nitrogens with zero attached hydrogens (tertiary/aromatic N) is 1. The predicted octanol–water partition coefficient (Wildman–Crippen LogP) is 6.20. The van der Waals surface area contributed by atoms with Gasteiger partial charge in [0.25, 0.3) is 11.8 Å². The Hall–Kier alpha value is -3.13. The summed E-state index contributed by atoms with van der Waals surface area (Å²) in [5.41, 5.74) is -0.0334. The Morgan fingerprint density at radius 1 is 1.16 bits per heavy atom. The van der Waals surface area contributed by atoms with Crippen LogP contribution in [0.25, 0.3) is 0 Å². The number of rotatable bonds is 7. The molecule has 0 saturated heterocycles. The number of amides is 1. The van der Waals surface area contributed by atoms with Gasteiger partial charge in [-0.3, -0.25) is 4.79 Å². The van der Waals surface area contributed by atoms with Crippen molar-refractivity contribution in [2.45, 2.75) is 24.7 Å². The van der Waals surface area contributed by atoms with E-state index < -0.39 is 35.6 Å². The summed E-state index contributed by atoms with van der Waals surface area (Å²) >= 11 is 5.88. The Kier molecular flexibility index (Phi) is 6.06. The van der Waals surface area contributed by atoms with E-state index >= 15 is 0 Å². The number of pyridine rings is 1. The minimum absolute atomic E-state index is 0.0242. The number of aromatic nitrogens is 1. The molecule has 0 bridgehead atoms. The lowest BCUT2D eigenvalue weighted by Crippen LogP contribution is -2.35. The summed E-state index contributed by atoms with van der Waals surface area (Å²) in [7, 11) is 0. The number of hydrogen-bond acceptors (Lipinski definition) is 3. The lowest BCUT2D eigenvalue weighted by atomic mass is 10.1. The quantitative estimate of drug-likeness (QED) is 0.334. The van der Waals surface area contributed by atoms with E-state index in [0.29, 0.717) is 23.8 Å². The van der Waals surface area contributed by atoms with Gasteiger partial charge in [-0.05, 0) is 54.7 Å². The van der Waals surface area contributed by atoms with Gasteiger partial charge in [0.2, 0.25) is 0 Å². The summed E-state index contributed by atoms with van der Waals surface area (Å²) in [5, 5.41) is 2.02. The van der Waals surface area contributed by atoms with Crippen molar-refractivity contribution in [2.24, 2.45) is 0 Å². The molecule has 1 aliphatic carbocycles. The van der Waals surface area contributed by atoms with E-state index in [4.69, 9.17) is 16.3 Å². The first-order chi connectivity index (χ1) is 15.2. The molecule has 2 aromatic carbocycles. The number of ether oxygens (including phenoxy) is 1. The lowest BCUT2D eigenvalue weighted by molar-refractivity contribution is -0.00591. The van der Waals surface area contributed by atoms with Gasteiger partial charge < -0.3 is 10.1 Å². The highest BCUT2D eigenvalue weighted by Crippen LogP contribution is 2.41. The Balaban J connectivity index is 1.52. The molecule has 0 atom stereocenters. The van der Waals surface area contributed by atoms with Crippen LogP contribution in [0.2, 0.25) is 5.15 Å². The van der Waals surface area contributed by atoms with Crippen molar-refractivity contribution >= 4 is 17.5 Å². The number of carbonyl (C=O) groups is 1. The molecule has 0 radical (unpaired) electrons. The van der Waals surface area contributed by atoms with Crippen molar-refractivity contribution in [3.63, 3.8) is 0 Å². The number of alkyl halides is 2. The average Bonchev–Trinajstić information content (AvgIpc) is 3.59. The average molecular weight is 465 g/mol. The number of halogens is 5. The normalized spacial score (nSPS) is 13.7. The van der Waals surface area contributed by atoms with Crippen LogP contribution in [-0.4, -0.2) is 17.4 Å². The fourth-order valence-electron chi connectivity index (χ4n) is 3.22.